The molecule has 2 rings (SSSR count). The minimum Gasteiger partial charge on any atom is -0.492 e. The zero-order valence-corrected chi connectivity index (χ0v) is 8.18. The highest BCUT2D eigenvalue weighted by molar-refractivity contribution is 5.88. The maximum atomic E-state index is 8.37. The van der Waals surface area contributed by atoms with Crippen LogP contribution in [0, 0.1) is 17.8 Å². The number of hydrogen-bond donors (Lipinski definition) is 0. The van der Waals surface area contributed by atoms with E-state index in [0.717, 1.165) is 16.5 Å². The number of hydrogen-bond acceptors (Lipinski definition) is 2. The maximum Gasteiger partial charge on any atom is 0.127 e. The van der Waals surface area contributed by atoms with E-state index in [2.05, 4.69) is 0 Å². The van der Waals surface area contributed by atoms with Crippen LogP contribution in [0.4, 0.5) is 0 Å². The van der Waals surface area contributed by atoms with Crippen LogP contribution in [0.3, 0.4) is 0 Å². The van der Waals surface area contributed by atoms with E-state index >= 15 is 0 Å². The standard InChI is InChI=1S/C13H10NO/c14-9-4-10-15-13-8-3-6-11-5-1-2-7-12(11)13/h1-8H,10H2. The van der Waals surface area contributed by atoms with Crippen molar-refractivity contribution in [3.05, 3.63) is 48.9 Å². The molecule has 2 aromatic rings. The fourth-order valence-electron chi connectivity index (χ4n) is 1.49. The molecule has 0 aromatic heterocycles. The van der Waals surface area contributed by atoms with Crippen LogP contribution in [-0.4, -0.2) is 6.61 Å². The first-order valence-corrected chi connectivity index (χ1v) is 4.73. The van der Waals surface area contributed by atoms with Gasteiger partial charge in [-0.2, -0.15) is 5.26 Å². The van der Waals surface area contributed by atoms with Gasteiger partial charge in [-0.05, 0) is 11.5 Å². The van der Waals surface area contributed by atoms with Gasteiger partial charge in [0.1, 0.15) is 12.4 Å². The molecule has 0 N–H and O–H groups in total. The molecule has 0 unspecified atom stereocenters. The second-order valence-corrected chi connectivity index (χ2v) is 3.12. The largest absolute Gasteiger partial charge is 0.492 e. The van der Waals surface area contributed by atoms with Gasteiger partial charge in [0.2, 0.25) is 0 Å². The normalized spacial score (nSPS) is 9.80. The van der Waals surface area contributed by atoms with Gasteiger partial charge in [0.25, 0.3) is 0 Å². The van der Waals surface area contributed by atoms with Crippen molar-refractivity contribution in [1.29, 1.82) is 5.26 Å². The molecule has 1 radical (unpaired) electrons. The lowest BCUT2D eigenvalue weighted by Crippen LogP contribution is -1.96. The lowest BCUT2D eigenvalue weighted by atomic mass is 10.1. The van der Waals surface area contributed by atoms with Crippen molar-refractivity contribution in [2.75, 3.05) is 6.61 Å². The van der Waals surface area contributed by atoms with Gasteiger partial charge in [0, 0.05) is 5.39 Å². The molecule has 0 amide bonds. The average Bonchev–Trinajstić information content (AvgIpc) is 2.30. The van der Waals surface area contributed by atoms with Crippen molar-refractivity contribution < 1.29 is 4.74 Å². The predicted molar refractivity (Wildman–Crippen MR) is 59.4 cm³/mol. The topological polar surface area (TPSA) is 33.0 Å². The second-order valence-electron chi connectivity index (χ2n) is 3.12. The lowest BCUT2D eigenvalue weighted by Gasteiger charge is -2.06. The van der Waals surface area contributed by atoms with Crippen molar-refractivity contribution in [2.45, 2.75) is 0 Å². The number of rotatable bonds is 3. The number of ether oxygens (including phenoxy) is 1. The Morgan fingerprint density at radius 3 is 2.80 bits per heavy atom. The first-order valence-electron chi connectivity index (χ1n) is 4.73. The minimum atomic E-state index is 0.324. The fourth-order valence-corrected chi connectivity index (χ4v) is 1.49. The highest BCUT2D eigenvalue weighted by Crippen LogP contribution is 2.24. The molecule has 2 nitrogen and oxygen atoms in total. The van der Waals surface area contributed by atoms with Crippen LogP contribution in [0.25, 0.3) is 10.8 Å². The summed E-state index contributed by atoms with van der Waals surface area (Å²) in [5.74, 6) is 0.819. The highest BCUT2D eigenvalue weighted by Gasteiger charge is 1.99. The monoisotopic (exact) mass is 196 g/mol. The van der Waals surface area contributed by atoms with Crippen LogP contribution < -0.4 is 4.74 Å². The molecule has 0 heterocycles. The van der Waals surface area contributed by atoms with Gasteiger partial charge in [-0.15, -0.1) is 0 Å². The Kier molecular flexibility index (Phi) is 2.85. The van der Waals surface area contributed by atoms with E-state index in [4.69, 9.17) is 10.00 Å². The lowest BCUT2D eigenvalue weighted by molar-refractivity contribution is 0.358. The molecule has 2 aromatic carbocycles. The molecule has 73 valence electrons. The van der Waals surface area contributed by atoms with Gasteiger partial charge in [-0.1, -0.05) is 36.4 Å². The van der Waals surface area contributed by atoms with Crippen LogP contribution in [0.15, 0.2) is 42.5 Å². The first kappa shape index (κ1) is 9.54. The molecule has 0 aliphatic heterocycles. The molecule has 0 fully saturated rings. The summed E-state index contributed by atoms with van der Waals surface area (Å²) in [4.78, 5) is 0. The third kappa shape index (κ3) is 2.08. The zero-order chi connectivity index (χ0) is 10.5. The van der Waals surface area contributed by atoms with Crippen molar-refractivity contribution in [2.24, 2.45) is 0 Å². The van der Waals surface area contributed by atoms with Gasteiger partial charge in [0.15, 0.2) is 0 Å². The number of fused-ring (bicyclic) bond motifs is 1. The summed E-state index contributed by atoms with van der Waals surface area (Å²) in [6.45, 7) is 0.324. The summed E-state index contributed by atoms with van der Waals surface area (Å²) in [6, 6.07) is 15.9. The smallest absolute Gasteiger partial charge is 0.127 e. The van der Waals surface area contributed by atoms with E-state index in [9.17, 15) is 0 Å². The Hall–Kier alpha value is -2.01. The van der Waals surface area contributed by atoms with Crippen LogP contribution >= 0.6 is 0 Å². The minimum absolute atomic E-state index is 0.324. The molecule has 0 spiro atoms. The number of benzene rings is 2. The van der Waals surface area contributed by atoms with E-state index in [0.29, 0.717) is 6.61 Å². The quantitative estimate of drug-likeness (QED) is 0.707. The van der Waals surface area contributed by atoms with Crippen molar-refractivity contribution in [1.82, 2.24) is 0 Å². The Balaban J connectivity index is 2.31. The molecule has 0 aliphatic rings. The Morgan fingerprint density at radius 2 is 1.93 bits per heavy atom. The number of nitriles is 1. The molecule has 15 heavy (non-hydrogen) atoms. The molecule has 0 atom stereocenters. The van der Waals surface area contributed by atoms with Crippen LogP contribution in [0.2, 0.25) is 0 Å². The van der Waals surface area contributed by atoms with Gasteiger partial charge in [-0.3, -0.25) is 0 Å². The van der Waals surface area contributed by atoms with E-state index in [1.807, 2.05) is 48.5 Å². The molecule has 0 aliphatic carbocycles. The molecular formula is C13H10NO. The van der Waals surface area contributed by atoms with Crippen LogP contribution in [0.1, 0.15) is 0 Å². The van der Waals surface area contributed by atoms with Crippen molar-refractivity contribution in [3.63, 3.8) is 0 Å². The van der Waals surface area contributed by atoms with Gasteiger partial charge in [-0.25, -0.2) is 0 Å². The third-order valence-corrected chi connectivity index (χ3v) is 2.16. The van der Waals surface area contributed by atoms with Crippen molar-refractivity contribution in [3.8, 4) is 11.8 Å². The molecule has 0 saturated heterocycles. The van der Waals surface area contributed by atoms with E-state index in [-0.39, 0.29) is 0 Å². The average molecular weight is 196 g/mol. The molecular weight excluding hydrogens is 186 g/mol. The fraction of sp³-hybridized carbons (Fsp3) is 0.0769. The Bertz CT molecular complexity index is 494. The van der Waals surface area contributed by atoms with Crippen LogP contribution in [0.5, 0.6) is 5.75 Å². The Labute approximate surface area is 88.7 Å². The van der Waals surface area contributed by atoms with E-state index in [1.165, 1.54) is 6.42 Å². The summed E-state index contributed by atoms with van der Waals surface area (Å²) in [5, 5.41) is 10.6. The summed E-state index contributed by atoms with van der Waals surface area (Å²) in [7, 11) is 0. The molecule has 0 bridgehead atoms. The molecule has 2 heteroatoms. The predicted octanol–water partition coefficient (Wildman–Crippen LogP) is 2.95. The van der Waals surface area contributed by atoms with Gasteiger partial charge < -0.3 is 4.74 Å². The van der Waals surface area contributed by atoms with Crippen LogP contribution in [-0.2, 0) is 0 Å². The second kappa shape index (κ2) is 4.47. The molecule has 0 saturated carbocycles. The summed E-state index contributed by atoms with van der Waals surface area (Å²) >= 11 is 0. The van der Waals surface area contributed by atoms with Gasteiger partial charge in [0.05, 0.1) is 12.5 Å². The SMILES string of the molecule is N#C[CH]COc1cccc2ccccc12. The van der Waals surface area contributed by atoms with Gasteiger partial charge >= 0.3 is 0 Å². The summed E-state index contributed by atoms with van der Waals surface area (Å²) < 4.78 is 5.48. The van der Waals surface area contributed by atoms with E-state index < -0.39 is 0 Å². The summed E-state index contributed by atoms with van der Waals surface area (Å²) in [5.41, 5.74) is 0. The number of nitrogens with zero attached hydrogens (tertiary/aromatic N) is 1. The van der Waals surface area contributed by atoms with E-state index in [1.54, 1.807) is 0 Å². The van der Waals surface area contributed by atoms with Crippen molar-refractivity contribution >= 4 is 10.8 Å². The highest BCUT2D eigenvalue weighted by atomic mass is 16.5. The maximum absolute atomic E-state index is 8.37. The first-order chi connectivity index (χ1) is 7.42. The summed E-state index contributed by atoms with van der Waals surface area (Å²) in [6.07, 6.45) is 1.43. The Morgan fingerprint density at radius 1 is 1.13 bits per heavy atom. The third-order valence-electron chi connectivity index (χ3n) is 2.16. The zero-order valence-electron chi connectivity index (χ0n) is 8.18.